The van der Waals surface area contributed by atoms with Crippen molar-refractivity contribution in [2.24, 2.45) is 5.14 Å². The first-order valence-electron chi connectivity index (χ1n) is 21.5. The average molecular weight is 771 g/mol. The molecule has 53 heavy (non-hydrogen) atoms. The van der Waals surface area contributed by atoms with E-state index >= 15 is 0 Å². The zero-order chi connectivity index (χ0) is 39.3. The molecule has 0 aliphatic carbocycles. The van der Waals surface area contributed by atoms with Crippen molar-refractivity contribution in [1.82, 2.24) is 4.90 Å². The summed E-state index contributed by atoms with van der Waals surface area (Å²) in [6, 6.07) is 0. The summed E-state index contributed by atoms with van der Waals surface area (Å²) in [5.74, 6) is -1.22. The number of unbranched alkanes of at least 4 members (excludes halogenated alkanes) is 22. The fraction of sp³-hybridized carbons (Fsp3) is 0.860. The molecular formula is C43H82N2O7S. The number of nitrogens with two attached hydrogens (primary N) is 1. The largest absolute Gasteiger partial charge is 0.455 e. The van der Waals surface area contributed by atoms with Gasteiger partial charge in [0.15, 0.2) is 6.10 Å². The predicted molar refractivity (Wildman–Crippen MR) is 221 cm³/mol. The van der Waals surface area contributed by atoms with E-state index in [1.165, 1.54) is 83.5 Å². The smallest absolute Gasteiger partial charge is 0.307 e. The highest BCUT2D eigenvalue weighted by molar-refractivity contribution is 7.89. The lowest BCUT2D eigenvalue weighted by molar-refractivity contribution is -0.166. The number of nitrogens with zero attached hydrogens (tertiary/aromatic N) is 1. The first-order valence-corrected chi connectivity index (χ1v) is 23.2. The Morgan fingerprint density at radius 3 is 1.30 bits per heavy atom. The van der Waals surface area contributed by atoms with Gasteiger partial charge in [0.05, 0.1) is 13.2 Å². The fourth-order valence-corrected chi connectivity index (χ4v) is 6.86. The van der Waals surface area contributed by atoms with Crippen LogP contribution in [0.2, 0.25) is 0 Å². The summed E-state index contributed by atoms with van der Waals surface area (Å²) < 4.78 is 41.8. The molecule has 9 nitrogen and oxygen atoms in total. The van der Waals surface area contributed by atoms with Crippen LogP contribution in [0.3, 0.4) is 0 Å². The van der Waals surface area contributed by atoms with Crippen molar-refractivity contribution in [3.05, 3.63) is 24.3 Å². The number of carbonyl (C=O) groups is 2. The van der Waals surface area contributed by atoms with E-state index < -0.39 is 33.5 Å². The highest BCUT2D eigenvalue weighted by Crippen LogP contribution is 2.17. The van der Waals surface area contributed by atoms with Gasteiger partial charge in [-0.25, -0.2) is 13.6 Å². The second-order valence-electron chi connectivity index (χ2n) is 15.0. The first-order chi connectivity index (χ1) is 25.6. The molecule has 0 saturated carbocycles. The molecule has 0 rings (SSSR count). The number of hydrogen-bond acceptors (Lipinski definition) is 8. The summed E-state index contributed by atoms with van der Waals surface area (Å²) in [7, 11) is -0.616. The van der Waals surface area contributed by atoms with Crippen LogP contribution in [0.15, 0.2) is 24.3 Å². The SMILES string of the molecule is CCCCCCCC/C=C\CCCCCCCC(=O)OC(COCCN(C)C)C(OC(=O)CCCCCCC/C=C\CCCCCCCC)S(N)(=O)=O. The quantitative estimate of drug-likeness (QED) is 0.0372. The molecule has 0 bridgehead atoms. The highest BCUT2D eigenvalue weighted by atomic mass is 32.2. The minimum atomic E-state index is -4.39. The maximum Gasteiger partial charge on any atom is 0.307 e. The van der Waals surface area contributed by atoms with Gasteiger partial charge in [0.25, 0.3) is 15.5 Å². The van der Waals surface area contributed by atoms with Gasteiger partial charge < -0.3 is 19.1 Å². The lowest BCUT2D eigenvalue weighted by atomic mass is 10.1. The number of likely N-dealkylation sites (N-methyl/N-ethyl adjacent to an activating group) is 1. The van der Waals surface area contributed by atoms with Crippen LogP contribution < -0.4 is 5.14 Å². The molecule has 0 aliphatic rings. The normalized spacial score (nSPS) is 13.3. The summed E-state index contributed by atoms with van der Waals surface area (Å²) in [6.45, 7) is 5.12. The third-order valence-electron chi connectivity index (χ3n) is 9.41. The van der Waals surface area contributed by atoms with Crippen LogP contribution in [0.1, 0.15) is 194 Å². The summed E-state index contributed by atoms with van der Waals surface area (Å²) in [6.07, 6.45) is 37.7. The van der Waals surface area contributed by atoms with E-state index in [-0.39, 0.29) is 26.1 Å². The van der Waals surface area contributed by atoms with Crippen molar-refractivity contribution in [2.75, 3.05) is 33.9 Å². The molecule has 0 amide bonds. The number of hydrogen-bond donors (Lipinski definition) is 1. The van der Waals surface area contributed by atoms with Gasteiger partial charge >= 0.3 is 11.9 Å². The van der Waals surface area contributed by atoms with Crippen LogP contribution in [-0.2, 0) is 33.8 Å². The van der Waals surface area contributed by atoms with E-state index in [9.17, 15) is 18.0 Å². The van der Waals surface area contributed by atoms with Gasteiger partial charge in [-0.05, 0) is 78.3 Å². The molecule has 10 heteroatoms. The molecule has 0 aromatic carbocycles. The summed E-state index contributed by atoms with van der Waals surface area (Å²) >= 11 is 0. The van der Waals surface area contributed by atoms with Crippen LogP contribution in [0.5, 0.6) is 0 Å². The highest BCUT2D eigenvalue weighted by Gasteiger charge is 2.37. The van der Waals surface area contributed by atoms with Gasteiger partial charge in [0.2, 0.25) is 0 Å². The second kappa shape index (κ2) is 37.2. The average Bonchev–Trinajstić information content (AvgIpc) is 3.11. The van der Waals surface area contributed by atoms with Gasteiger partial charge in [0.1, 0.15) is 0 Å². The Bertz CT molecular complexity index is 1020. The van der Waals surface area contributed by atoms with Gasteiger partial charge in [0, 0.05) is 19.4 Å². The molecule has 0 saturated heterocycles. The monoisotopic (exact) mass is 771 g/mol. The molecule has 0 aromatic rings. The van der Waals surface area contributed by atoms with Crippen molar-refractivity contribution in [3.8, 4) is 0 Å². The summed E-state index contributed by atoms with van der Waals surface area (Å²) in [5.41, 5.74) is -1.82. The Labute approximate surface area is 326 Å². The lowest BCUT2D eigenvalue weighted by Crippen LogP contribution is -2.46. The Morgan fingerprint density at radius 2 is 0.925 bits per heavy atom. The minimum absolute atomic E-state index is 0.0707. The number of sulfonamides is 1. The number of esters is 2. The van der Waals surface area contributed by atoms with Crippen molar-refractivity contribution < 1.29 is 32.2 Å². The van der Waals surface area contributed by atoms with E-state index in [2.05, 4.69) is 38.2 Å². The fourth-order valence-electron chi connectivity index (χ4n) is 6.07. The number of primary sulfonamides is 1. The Kier molecular flexibility index (Phi) is 36.0. The van der Waals surface area contributed by atoms with Gasteiger partial charge in [-0.1, -0.05) is 141 Å². The number of carbonyl (C=O) groups excluding carboxylic acids is 2. The van der Waals surface area contributed by atoms with Crippen molar-refractivity contribution >= 4 is 22.0 Å². The standard InChI is InChI=1S/C43H82N2O7S/c1-5-7-9-11-13-15-17-19-21-23-25-27-29-31-33-35-41(46)51-40(39-50-38-37-45(3)4)43(53(44,48)49)52-42(47)36-34-32-30-28-26-24-22-20-18-16-14-12-10-8-6-2/h19-22,40,43H,5-18,23-39H2,1-4H3,(H2,44,48,49)/b21-19-,22-20-. The molecule has 0 fully saturated rings. The molecule has 0 aliphatic heterocycles. The Hall–Kier alpha value is -1.75. The zero-order valence-electron chi connectivity index (χ0n) is 34.7. The minimum Gasteiger partial charge on any atom is -0.455 e. The van der Waals surface area contributed by atoms with Crippen LogP contribution in [0.25, 0.3) is 0 Å². The zero-order valence-corrected chi connectivity index (χ0v) is 35.5. The molecule has 0 heterocycles. The molecule has 2 unspecified atom stereocenters. The van der Waals surface area contributed by atoms with Gasteiger partial charge in [-0.15, -0.1) is 0 Å². The van der Waals surface area contributed by atoms with Crippen molar-refractivity contribution in [3.63, 3.8) is 0 Å². The van der Waals surface area contributed by atoms with Gasteiger partial charge in [-0.2, -0.15) is 0 Å². The maximum atomic E-state index is 12.8. The van der Waals surface area contributed by atoms with E-state index in [1.54, 1.807) is 0 Å². The van der Waals surface area contributed by atoms with E-state index in [0.717, 1.165) is 70.6 Å². The molecule has 2 N–H and O–H groups in total. The molecule has 0 aromatic heterocycles. The topological polar surface area (TPSA) is 125 Å². The van der Waals surface area contributed by atoms with E-state index in [1.807, 2.05) is 19.0 Å². The van der Waals surface area contributed by atoms with Crippen LogP contribution >= 0.6 is 0 Å². The third-order valence-corrected chi connectivity index (χ3v) is 10.5. The number of rotatable bonds is 39. The molecule has 312 valence electrons. The van der Waals surface area contributed by atoms with Crippen LogP contribution in [0, 0.1) is 0 Å². The molecule has 2 atom stereocenters. The molecular weight excluding hydrogens is 689 g/mol. The van der Waals surface area contributed by atoms with Crippen LogP contribution in [-0.4, -0.2) is 70.7 Å². The number of allylic oxidation sites excluding steroid dienone is 4. The Balaban J connectivity index is 4.52. The lowest BCUT2D eigenvalue weighted by Gasteiger charge is -2.25. The van der Waals surface area contributed by atoms with Crippen molar-refractivity contribution in [1.29, 1.82) is 0 Å². The van der Waals surface area contributed by atoms with Gasteiger partial charge in [-0.3, -0.25) is 9.59 Å². The van der Waals surface area contributed by atoms with Crippen LogP contribution in [0.4, 0.5) is 0 Å². The Morgan fingerprint density at radius 1 is 0.566 bits per heavy atom. The van der Waals surface area contributed by atoms with E-state index in [4.69, 9.17) is 19.3 Å². The third kappa shape index (κ3) is 35.7. The first kappa shape index (κ1) is 51.2. The maximum absolute atomic E-state index is 12.8. The van der Waals surface area contributed by atoms with Crippen molar-refractivity contribution in [2.45, 2.75) is 205 Å². The summed E-state index contributed by atoms with van der Waals surface area (Å²) in [4.78, 5) is 27.4. The van der Waals surface area contributed by atoms with E-state index in [0.29, 0.717) is 19.4 Å². The molecule has 0 radical (unpaired) electrons. The summed E-state index contributed by atoms with van der Waals surface area (Å²) in [5, 5.41) is 5.51. The predicted octanol–water partition coefficient (Wildman–Crippen LogP) is 10.7. The number of ether oxygens (including phenoxy) is 3. The molecule has 0 spiro atoms. The second-order valence-corrected chi connectivity index (χ2v) is 16.7.